The number of carbonyl (C=O) groups excluding carboxylic acids is 1. The maximum absolute atomic E-state index is 11.4. The van der Waals surface area contributed by atoms with Crippen LogP contribution < -0.4 is 14.2 Å². The normalized spacial score (nSPS) is 16.4. The molecule has 0 spiro atoms. The maximum atomic E-state index is 11.4. The molecule has 0 saturated heterocycles. The molecule has 0 saturated carbocycles. The third kappa shape index (κ3) is 2.67. The van der Waals surface area contributed by atoms with Gasteiger partial charge in [0.25, 0.3) is 0 Å². The van der Waals surface area contributed by atoms with Gasteiger partial charge in [-0.1, -0.05) is 0 Å². The van der Waals surface area contributed by atoms with Crippen LogP contribution in [0.3, 0.4) is 0 Å². The first-order valence-electron chi connectivity index (χ1n) is 6.62. The topological polar surface area (TPSA) is 57.7 Å². The molecular formula is C16H15NO4. The number of carbonyl (C=O) groups is 1. The molecule has 1 aromatic carbocycles. The Hall–Kier alpha value is -2.56. The Morgan fingerprint density at radius 2 is 2.14 bits per heavy atom. The standard InChI is InChI=1S/C16H15NO4/c1-10(18)11-3-5-13-14(7-11)20-9-15(21-13)12-4-6-16(19-2)17-8-12/h3-8,15H,9H2,1-2H3. The highest BCUT2D eigenvalue weighted by atomic mass is 16.6. The van der Waals surface area contributed by atoms with Crippen LogP contribution in [0.5, 0.6) is 17.4 Å². The van der Waals surface area contributed by atoms with Gasteiger partial charge in [0.05, 0.1) is 7.11 Å². The van der Waals surface area contributed by atoms with Gasteiger partial charge in [0.2, 0.25) is 5.88 Å². The zero-order valence-corrected chi connectivity index (χ0v) is 11.8. The molecule has 3 rings (SSSR count). The van der Waals surface area contributed by atoms with E-state index in [9.17, 15) is 4.79 Å². The van der Waals surface area contributed by atoms with E-state index in [0.717, 1.165) is 5.56 Å². The van der Waals surface area contributed by atoms with Gasteiger partial charge >= 0.3 is 0 Å². The van der Waals surface area contributed by atoms with Crippen molar-refractivity contribution in [3.05, 3.63) is 47.7 Å². The monoisotopic (exact) mass is 285 g/mol. The number of methoxy groups -OCH3 is 1. The molecule has 0 N–H and O–H groups in total. The Morgan fingerprint density at radius 3 is 2.81 bits per heavy atom. The lowest BCUT2D eigenvalue weighted by molar-refractivity contribution is 0.0903. The number of benzene rings is 1. The average Bonchev–Trinajstić information content (AvgIpc) is 2.54. The summed E-state index contributed by atoms with van der Waals surface area (Å²) in [6.07, 6.45) is 1.49. The fourth-order valence-corrected chi connectivity index (χ4v) is 2.16. The summed E-state index contributed by atoms with van der Waals surface area (Å²) in [7, 11) is 1.57. The van der Waals surface area contributed by atoms with Crippen LogP contribution in [0.2, 0.25) is 0 Å². The van der Waals surface area contributed by atoms with Crippen LogP contribution in [0.4, 0.5) is 0 Å². The summed E-state index contributed by atoms with van der Waals surface area (Å²) in [5.41, 5.74) is 1.53. The number of rotatable bonds is 3. The second-order valence-electron chi connectivity index (χ2n) is 4.77. The minimum absolute atomic E-state index is 0.00266. The Labute approximate surface area is 122 Å². The molecule has 5 nitrogen and oxygen atoms in total. The van der Waals surface area contributed by atoms with Crippen LogP contribution in [0.15, 0.2) is 36.5 Å². The van der Waals surface area contributed by atoms with Crippen LogP contribution in [0.1, 0.15) is 28.9 Å². The third-order valence-corrected chi connectivity index (χ3v) is 3.35. The SMILES string of the molecule is COc1ccc(C2COc3cc(C(C)=O)ccc3O2)cn1. The first kappa shape index (κ1) is 13.4. The van der Waals surface area contributed by atoms with E-state index in [4.69, 9.17) is 14.2 Å². The van der Waals surface area contributed by atoms with E-state index in [1.807, 2.05) is 6.07 Å². The number of ether oxygens (including phenoxy) is 3. The largest absolute Gasteiger partial charge is 0.485 e. The Bertz CT molecular complexity index is 666. The molecule has 108 valence electrons. The zero-order chi connectivity index (χ0) is 14.8. The number of pyridine rings is 1. The molecule has 1 aliphatic heterocycles. The Balaban J connectivity index is 1.82. The highest BCUT2D eigenvalue weighted by molar-refractivity contribution is 5.94. The van der Waals surface area contributed by atoms with Gasteiger partial charge < -0.3 is 14.2 Å². The molecule has 1 aliphatic rings. The van der Waals surface area contributed by atoms with Crippen LogP contribution >= 0.6 is 0 Å². The van der Waals surface area contributed by atoms with Crippen molar-refractivity contribution in [2.24, 2.45) is 0 Å². The number of hydrogen-bond donors (Lipinski definition) is 0. The first-order valence-corrected chi connectivity index (χ1v) is 6.62. The lowest BCUT2D eigenvalue weighted by atomic mass is 10.1. The highest BCUT2D eigenvalue weighted by Gasteiger charge is 2.23. The van der Waals surface area contributed by atoms with Gasteiger partial charge in [-0.3, -0.25) is 4.79 Å². The van der Waals surface area contributed by atoms with Crippen molar-refractivity contribution in [1.82, 2.24) is 4.98 Å². The molecule has 0 amide bonds. The van der Waals surface area contributed by atoms with Gasteiger partial charge in [0, 0.05) is 23.4 Å². The first-order chi connectivity index (χ1) is 10.2. The smallest absolute Gasteiger partial charge is 0.212 e. The van der Waals surface area contributed by atoms with Gasteiger partial charge in [-0.25, -0.2) is 4.98 Å². The molecule has 0 bridgehead atoms. The van der Waals surface area contributed by atoms with E-state index < -0.39 is 0 Å². The predicted molar refractivity (Wildman–Crippen MR) is 76.1 cm³/mol. The summed E-state index contributed by atoms with van der Waals surface area (Å²) in [6.45, 7) is 1.90. The molecule has 2 heterocycles. The number of fused-ring (bicyclic) bond motifs is 1. The average molecular weight is 285 g/mol. The van der Waals surface area contributed by atoms with Crippen molar-refractivity contribution in [3.8, 4) is 17.4 Å². The number of nitrogens with zero attached hydrogens (tertiary/aromatic N) is 1. The Morgan fingerprint density at radius 1 is 1.29 bits per heavy atom. The van der Waals surface area contributed by atoms with E-state index in [2.05, 4.69) is 4.98 Å². The van der Waals surface area contributed by atoms with E-state index in [1.54, 1.807) is 37.6 Å². The summed E-state index contributed by atoms with van der Waals surface area (Å²) in [5.74, 6) is 1.79. The minimum Gasteiger partial charge on any atom is -0.485 e. The highest BCUT2D eigenvalue weighted by Crippen LogP contribution is 2.37. The molecule has 2 aromatic rings. The molecule has 0 aliphatic carbocycles. The summed E-state index contributed by atoms with van der Waals surface area (Å²) in [6, 6.07) is 8.89. The van der Waals surface area contributed by atoms with Gasteiger partial charge in [-0.15, -0.1) is 0 Å². The van der Waals surface area contributed by atoms with Crippen LogP contribution in [-0.4, -0.2) is 24.5 Å². The number of hydrogen-bond acceptors (Lipinski definition) is 5. The fourth-order valence-electron chi connectivity index (χ4n) is 2.16. The molecule has 21 heavy (non-hydrogen) atoms. The molecule has 1 aromatic heterocycles. The van der Waals surface area contributed by atoms with Crippen molar-refractivity contribution < 1.29 is 19.0 Å². The summed E-state index contributed by atoms with van der Waals surface area (Å²) >= 11 is 0. The van der Waals surface area contributed by atoms with Crippen molar-refractivity contribution >= 4 is 5.78 Å². The molecule has 1 atom stereocenters. The molecule has 0 radical (unpaired) electrons. The van der Waals surface area contributed by atoms with Crippen LogP contribution in [0, 0.1) is 0 Å². The van der Waals surface area contributed by atoms with Gasteiger partial charge in [0.15, 0.2) is 23.4 Å². The predicted octanol–water partition coefficient (Wildman–Crippen LogP) is 2.81. The molecule has 1 unspecified atom stereocenters. The van der Waals surface area contributed by atoms with Gasteiger partial charge in [-0.05, 0) is 31.2 Å². The summed E-state index contributed by atoms with van der Waals surface area (Å²) in [4.78, 5) is 15.5. The number of Topliss-reactive ketones (excluding diaryl/α,β-unsaturated/α-hetero) is 1. The second-order valence-corrected chi connectivity index (χ2v) is 4.77. The van der Waals surface area contributed by atoms with Crippen molar-refractivity contribution in [1.29, 1.82) is 0 Å². The van der Waals surface area contributed by atoms with Crippen LogP contribution in [0.25, 0.3) is 0 Å². The lowest BCUT2D eigenvalue weighted by Gasteiger charge is -2.26. The quantitative estimate of drug-likeness (QED) is 0.812. The number of ketones is 1. The Kier molecular flexibility index (Phi) is 3.48. The maximum Gasteiger partial charge on any atom is 0.212 e. The summed E-state index contributed by atoms with van der Waals surface area (Å²) in [5, 5.41) is 0. The van der Waals surface area contributed by atoms with Gasteiger partial charge in [-0.2, -0.15) is 0 Å². The fraction of sp³-hybridized carbons (Fsp3) is 0.250. The molecule has 5 heteroatoms. The van der Waals surface area contributed by atoms with Crippen LogP contribution in [-0.2, 0) is 0 Å². The van der Waals surface area contributed by atoms with E-state index in [-0.39, 0.29) is 11.9 Å². The molecular weight excluding hydrogens is 270 g/mol. The van der Waals surface area contributed by atoms with Crippen molar-refractivity contribution in [2.75, 3.05) is 13.7 Å². The molecule has 0 fully saturated rings. The third-order valence-electron chi connectivity index (χ3n) is 3.35. The summed E-state index contributed by atoms with van der Waals surface area (Å²) < 4.78 is 16.6. The van der Waals surface area contributed by atoms with Crippen molar-refractivity contribution in [3.63, 3.8) is 0 Å². The van der Waals surface area contributed by atoms with Gasteiger partial charge in [0.1, 0.15) is 6.61 Å². The lowest BCUT2D eigenvalue weighted by Crippen LogP contribution is -2.22. The second kappa shape index (κ2) is 5.44. The number of aromatic nitrogens is 1. The van der Waals surface area contributed by atoms with E-state index in [1.165, 1.54) is 6.92 Å². The van der Waals surface area contributed by atoms with E-state index in [0.29, 0.717) is 29.5 Å². The van der Waals surface area contributed by atoms with Crippen molar-refractivity contribution in [2.45, 2.75) is 13.0 Å². The zero-order valence-electron chi connectivity index (χ0n) is 11.8. The minimum atomic E-state index is -0.223. The van der Waals surface area contributed by atoms with E-state index >= 15 is 0 Å².